The molecule has 0 heterocycles. The van der Waals surface area contributed by atoms with Gasteiger partial charge in [-0.05, 0) is 55.8 Å². The quantitative estimate of drug-likeness (QED) is 0.854. The van der Waals surface area contributed by atoms with Crippen LogP contribution in [0.4, 0.5) is 5.69 Å². The zero-order chi connectivity index (χ0) is 17.5. The summed E-state index contributed by atoms with van der Waals surface area (Å²) in [6, 6.07) is 13.8. The van der Waals surface area contributed by atoms with Gasteiger partial charge in [-0.3, -0.25) is 9.59 Å². The molecule has 0 spiro atoms. The summed E-state index contributed by atoms with van der Waals surface area (Å²) < 4.78 is 5.73. The topological polar surface area (TPSA) is 67.4 Å². The van der Waals surface area contributed by atoms with Crippen molar-refractivity contribution in [2.75, 3.05) is 12.4 Å². The summed E-state index contributed by atoms with van der Waals surface area (Å²) in [7, 11) is 1.58. The van der Waals surface area contributed by atoms with E-state index in [9.17, 15) is 9.59 Å². The Bertz CT molecular complexity index is 711. The minimum absolute atomic E-state index is 0.0977. The first-order valence-corrected chi connectivity index (χ1v) is 7.93. The Morgan fingerprint density at radius 3 is 2.38 bits per heavy atom. The van der Waals surface area contributed by atoms with E-state index in [2.05, 4.69) is 10.6 Å². The summed E-state index contributed by atoms with van der Waals surface area (Å²) in [6.45, 7) is 4.03. The van der Waals surface area contributed by atoms with Gasteiger partial charge in [-0.2, -0.15) is 0 Å². The highest BCUT2D eigenvalue weighted by atomic mass is 16.5. The van der Waals surface area contributed by atoms with Gasteiger partial charge < -0.3 is 15.4 Å². The van der Waals surface area contributed by atoms with Gasteiger partial charge in [0.05, 0.1) is 6.10 Å². The SMILES string of the molecule is CCC(C)Oc1cccc(C(=O)Nc2ccc(C(=O)NC)cc2)c1. The number of hydrogen-bond donors (Lipinski definition) is 2. The van der Waals surface area contributed by atoms with Crippen LogP contribution in [0.3, 0.4) is 0 Å². The molecular weight excluding hydrogens is 304 g/mol. The van der Waals surface area contributed by atoms with Crippen LogP contribution in [-0.4, -0.2) is 25.0 Å². The Balaban J connectivity index is 2.06. The molecule has 0 aliphatic heterocycles. The Morgan fingerprint density at radius 2 is 1.75 bits per heavy atom. The van der Waals surface area contributed by atoms with Gasteiger partial charge in [-0.1, -0.05) is 13.0 Å². The lowest BCUT2D eigenvalue weighted by atomic mass is 10.1. The minimum atomic E-state index is -0.225. The van der Waals surface area contributed by atoms with Crippen molar-refractivity contribution in [1.82, 2.24) is 5.32 Å². The van der Waals surface area contributed by atoms with Crippen LogP contribution in [0.15, 0.2) is 48.5 Å². The molecule has 0 saturated carbocycles. The maximum absolute atomic E-state index is 12.4. The fraction of sp³-hybridized carbons (Fsp3) is 0.263. The Morgan fingerprint density at radius 1 is 1.04 bits per heavy atom. The number of nitrogens with one attached hydrogen (secondary N) is 2. The van der Waals surface area contributed by atoms with Gasteiger partial charge in [0.2, 0.25) is 0 Å². The molecule has 0 aliphatic carbocycles. The Kier molecular flexibility index (Phi) is 5.95. The summed E-state index contributed by atoms with van der Waals surface area (Å²) in [4.78, 5) is 23.9. The molecule has 2 aromatic rings. The van der Waals surface area contributed by atoms with Gasteiger partial charge in [0.25, 0.3) is 11.8 Å². The smallest absolute Gasteiger partial charge is 0.255 e. The average Bonchev–Trinajstić information content (AvgIpc) is 2.61. The van der Waals surface area contributed by atoms with E-state index in [0.29, 0.717) is 22.6 Å². The van der Waals surface area contributed by atoms with E-state index in [1.165, 1.54) is 0 Å². The van der Waals surface area contributed by atoms with Gasteiger partial charge in [0.1, 0.15) is 5.75 Å². The number of anilines is 1. The van der Waals surface area contributed by atoms with Crippen LogP contribution in [0.5, 0.6) is 5.75 Å². The lowest BCUT2D eigenvalue weighted by molar-refractivity contribution is 0.0962. The van der Waals surface area contributed by atoms with Gasteiger partial charge in [-0.25, -0.2) is 0 Å². The predicted molar refractivity (Wildman–Crippen MR) is 94.6 cm³/mol. The van der Waals surface area contributed by atoms with Crippen molar-refractivity contribution in [3.05, 3.63) is 59.7 Å². The molecule has 0 radical (unpaired) electrons. The van der Waals surface area contributed by atoms with Crippen LogP contribution >= 0.6 is 0 Å². The van der Waals surface area contributed by atoms with Gasteiger partial charge in [0.15, 0.2) is 0 Å². The van der Waals surface area contributed by atoms with Crippen LogP contribution < -0.4 is 15.4 Å². The molecular formula is C19H22N2O3. The second kappa shape index (κ2) is 8.15. The molecule has 2 amide bonds. The number of carbonyl (C=O) groups excluding carboxylic acids is 2. The molecule has 0 aromatic heterocycles. The van der Waals surface area contributed by atoms with Crippen molar-refractivity contribution in [1.29, 1.82) is 0 Å². The molecule has 2 rings (SSSR count). The van der Waals surface area contributed by atoms with Crippen LogP contribution in [0, 0.1) is 0 Å². The summed E-state index contributed by atoms with van der Waals surface area (Å²) >= 11 is 0. The zero-order valence-electron chi connectivity index (χ0n) is 14.1. The fourth-order valence-corrected chi connectivity index (χ4v) is 2.08. The predicted octanol–water partition coefficient (Wildman–Crippen LogP) is 3.48. The second-order valence-electron chi connectivity index (χ2n) is 5.48. The molecule has 0 bridgehead atoms. The largest absolute Gasteiger partial charge is 0.491 e. The normalized spacial score (nSPS) is 11.5. The maximum atomic E-state index is 12.4. The van der Waals surface area contributed by atoms with E-state index in [0.717, 1.165) is 6.42 Å². The third-order valence-corrected chi connectivity index (χ3v) is 3.64. The summed E-state index contributed by atoms with van der Waals surface area (Å²) in [6.07, 6.45) is 0.995. The number of carbonyl (C=O) groups is 2. The molecule has 0 saturated heterocycles. The van der Waals surface area contributed by atoms with Crippen molar-refractivity contribution < 1.29 is 14.3 Å². The zero-order valence-corrected chi connectivity index (χ0v) is 14.1. The van der Waals surface area contributed by atoms with Crippen LogP contribution in [0.2, 0.25) is 0 Å². The number of rotatable bonds is 6. The standard InChI is InChI=1S/C19H22N2O3/c1-4-13(2)24-17-7-5-6-15(12-17)19(23)21-16-10-8-14(9-11-16)18(22)20-3/h5-13H,4H2,1-3H3,(H,20,22)(H,21,23). The summed E-state index contributed by atoms with van der Waals surface area (Å²) in [5, 5.41) is 5.36. The number of ether oxygens (including phenoxy) is 1. The molecule has 0 fully saturated rings. The molecule has 126 valence electrons. The van der Waals surface area contributed by atoms with E-state index in [-0.39, 0.29) is 17.9 Å². The number of hydrogen-bond acceptors (Lipinski definition) is 3. The fourth-order valence-electron chi connectivity index (χ4n) is 2.08. The van der Waals surface area contributed by atoms with E-state index >= 15 is 0 Å². The van der Waals surface area contributed by atoms with E-state index in [4.69, 9.17) is 4.74 Å². The first kappa shape index (κ1) is 17.5. The molecule has 2 aromatic carbocycles. The average molecular weight is 326 g/mol. The van der Waals surface area contributed by atoms with Crippen LogP contribution in [0.1, 0.15) is 41.0 Å². The Labute approximate surface area is 142 Å². The van der Waals surface area contributed by atoms with Crippen molar-refractivity contribution in [3.8, 4) is 5.75 Å². The third kappa shape index (κ3) is 4.59. The van der Waals surface area contributed by atoms with Gasteiger partial charge in [-0.15, -0.1) is 0 Å². The lowest BCUT2D eigenvalue weighted by Gasteiger charge is -2.13. The summed E-state index contributed by atoms with van der Waals surface area (Å²) in [5.74, 6) is 0.284. The highest BCUT2D eigenvalue weighted by Crippen LogP contribution is 2.17. The van der Waals surface area contributed by atoms with Crippen molar-refractivity contribution in [2.24, 2.45) is 0 Å². The van der Waals surface area contributed by atoms with Gasteiger partial charge in [0, 0.05) is 23.9 Å². The van der Waals surface area contributed by atoms with Crippen molar-refractivity contribution >= 4 is 17.5 Å². The molecule has 0 aliphatic rings. The van der Waals surface area contributed by atoms with E-state index in [1.807, 2.05) is 19.9 Å². The summed E-state index contributed by atoms with van der Waals surface area (Å²) in [5.41, 5.74) is 1.69. The molecule has 5 nitrogen and oxygen atoms in total. The Hall–Kier alpha value is -2.82. The molecule has 1 atom stereocenters. The second-order valence-corrected chi connectivity index (χ2v) is 5.48. The van der Waals surface area contributed by atoms with Crippen LogP contribution in [0.25, 0.3) is 0 Å². The third-order valence-electron chi connectivity index (χ3n) is 3.64. The maximum Gasteiger partial charge on any atom is 0.255 e. The highest BCUT2D eigenvalue weighted by molar-refractivity contribution is 6.04. The van der Waals surface area contributed by atoms with Gasteiger partial charge >= 0.3 is 0 Å². The number of benzene rings is 2. The first-order chi connectivity index (χ1) is 11.5. The van der Waals surface area contributed by atoms with Crippen LogP contribution in [-0.2, 0) is 0 Å². The number of amides is 2. The van der Waals surface area contributed by atoms with E-state index < -0.39 is 0 Å². The molecule has 24 heavy (non-hydrogen) atoms. The molecule has 1 unspecified atom stereocenters. The molecule has 2 N–H and O–H groups in total. The highest BCUT2D eigenvalue weighted by Gasteiger charge is 2.09. The molecule has 5 heteroatoms. The first-order valence-electron chi connectivity index (χ1n) is 7.93. The van der Waals surface area contributed by atoms with Crippen molar-refractivity contribution in [2.45, 2.75) is 26.4 Å². The monoisotopic (exact) mass is 326 g/mol. The lowest BCUT2D eigenvalue weighted by Crippen LogP contribution is -2.18. The van der Waals surface area contributed by atoms with Crippen molar-refractivity contribution in [3.63, 3.8) is 0 Å². The minimum Gasteiger partial charge on any atom is -0.491 e. The van der Waals surface area contributed by atoms with E-state index in [1.54, 1.807) is 49.5 Å².